The molecule has 0 aliphatic heterocycles. The molecule has 0 atom stereocenters. The first kappa shape index (κ1) is 51.5. The van der Waals surface area contributed by atoms with Gasteiger partial charge in [-0.3, -0.25) is 4.98 Å². The van der Waals surface area contributed by atoms with Gasteiger partial charge in [-0.25, -0.2) is 19.9 Å². The number of nitrogens with zero attached hydrogens (tertiary/aromatic N) is 8. The van der Waals surface area contributed by atoms with E-state index in [0.717, 1.165) is 156 Å². The first-order valence-corrected chi connectivity index (χ1v) is 29.3. The maximum atomic E-state index is 10.2. The lowest BCUT2D eigenvalue weighted by Crippen LogP contribution is -2.05. The summed E-state index contributed by atoms with van der Waals surface area (Å²) in [6, 6.07) is 103. The first-order valence-electron chi connectivity index (χ1n) is 29.3. The highest BCUT2D eigenvalue weighted by Gasteiger charge is 2.25. The Morgan fingerprint density at radius 1 is 0.250 bits per heavy atom. The third kappa shape index (κ3) is 9.24. The lowest BCUT2D eigenvalue weighted by atomic mass is 10.0. The normalized spacial score (nSPS) is 11.4. The largest absolute Gasteiger partial charge is 0.307 e. The number of hydrogen-bond acceptors (Lipinski definition) is 6. The average molecular weight is 1120 g/mol. The Labute approximate surface area is 507 Å². The van der Waals surface area contributed by atoms with Crippen molar-refractivity contribution in [2.45, 2.75) is 0 Å². The second-order valence-electron chi connectivity index (χ2n) is 21.9. The standard InChI is InChI=1S/C80H50N8/c81-49-52-33-35-57(36-34-52)80-78(87-74-41-37-58(70-29-13-25-66(83-70)53-17-5-1-6-18-53)45-62(74)63-46-59(38-42-75(63)87)71-30-14-26-67(84-71)54-19-7-2-8-20-54)50-82-51-79(80)88-76-43-39-60(72-31-15-27-68(85-72)55-21-9-3-10-22-55)47-64(76)65-48-61(40-44-77(65)88)73-32-16-28-69(86-73)56-23-11-4-12-24-56/h1-48,50-51H. The van der Waals surface area contributed by atoms with Gasteiger partial charge < -0.3 is 9.13 Å². The zero-order valence-electron chi connectivity index (χ0n) is 47.4. The Morgan fingerprint density at radius 2 is 0.511 bits per heavy atom. The fraction of sp³-hybridized carbons (Fsp3) is 0. The number of nitriles is 1. The molecular formula is C80H50N8. The second kappa shape index (κ2) is 21.8. The Kier molecular flexibility index (Phi) is 12.7. The SMILES string of the molecule is N#Cc1ccc(-c2c(-n3c4ccc(-c5cccc(-c6ccccc6)n5)cc4c4cc(-c5cccc(-c6ccccc6)n5)ccc43)cncc2-n2c3ccc(-c4cccc(-c5ccccc5)n4)cc3c3cc(-c4cccc(-c5ccccc5)n4)ccc32)cc1. The van der Waals surface area contributed by atoms with Crippen molar-refractivity contribution in [2.75, 3.05) is 0 Å². The molecule has 0 unspecified atom stereocenters. The molecule has 0 spiro atoms. The van der Waals surface area contributed by atoms with Gasteiger partial charge in [0.25, 0.3) is 0 Å². The molecule has 8 heteroatoms. The smallest absolute Gasteiger partial charge is 0.0991 e. The number of benzene rings is 9. The van der Waals surface area contributed by atoms with Crippen LogP contribution in [0.5, 0.6) is 0 Å². The molecule has 0 radical (unpaired) electrons. The van der Waals surface area contributed by atoms with Crippen LogP contribution in [0.2, 0.25) is 0 Å². The maximum absolute atomic E-state index is 10.2. The first-order chi connectivity index (χ1) is 43.6. The molecule has 88 heavy (non-hydrogen) atoms. The highest BCUT2D eigenvalue weighted by Crippen LogP contribution is 2.45. The van der Waals surface area contributed by atoms with E-state index in [1.807, 2.05) is 97.3 Å². The third-order valence-electron chi connectivity index (χ3n) is 16.7. The predicted molar refractivity (Wildman–Crippen MR) is 358 cm³/mol. The molecule has 16 rings (SSSR count). The van der Waals surface area contributed by atoms with E-state index >= 15 is 0 Å². The zero-order chi connectivity index (χ0) is 58.5. The number of fused-ring (bicyclic) bond motifs is 6. The van der Waals surface area contributed by atoms with Crippen LogP contribution in [-0.2, 0) is 0 Å². The second-order valence-corrected chi connectivity index (χ2v) is 21.9. The molecule has 410 valence electrons. The van der Waals surface area contributed by atoms with Crippen molar-refractivity contribution in [2.24, 2.45) is 0 Å². The fourth-order valence-corrected chi connectivity index (χ4v) is 12.4. The lowest BCUT2D eigenvalue weighted by Gasteiger charge is -2.20. The van der Waals surface area contributed by atoms with Crippen LogP contribution in [0.3, 0.4) is 0 Å². The predicted octanol–water partition coefficient (Wildman–Crippen LogP) is 19.7. The van der Waals surface area contributed by atoms with Gasteiger partial charge in [0, 0.05) is 71.6 Å². The molecule has 0 aliphatic carbocycles. The molecule has 0 amide bonds. The fourth-order valence-electron chi connectivity index (χ4n) is 12.4. The van der Waals surface area contributed by atoms with Gasteiger partial charge in [0.1, 0.15) is 0 Å². The summed E-state index contributed by atoms with van der Waals surface area (Å²) in [5.41, 5.74) is 23.4. The molecule has 0 saturated heterocycles. The molecule has 0 fully saturated rings. The molecule has 0 aliphatic rings. The molecule has 7 heterocycles. The highest BCUT2D eigenvalue weighted by molar-refractivity contribution is 6.14. The molecular weight excluding hydrogens is 1070 g/mol. The molecule has 7 aromatic heterocycles. The quantitative estimate of drug-likeness (QED) is 0.128. The number of hydrogen-bond donors (Lipinski definition) is 0. The molecule has 0 bridgehead atoms. The zero-order valence-corrected chi connectivity index (χ0v) is 47.4. The van der Waals surface area contributed by atoms with E-state index in [9.17, 15) is 5.26 Å². The van der Waals surface area contributed by atoms with Gasteiger partial charge in [-0.15, -0.1) is 0 Å². The van der Waals surface area contributed by atoms with Crippen LogP contribution in [0, 0.1) is 11.3 Å². The van der Waals surface area contributed by atoms with E-state index in [-0.39, 0.29) is 0 Å². The summed E-state index contributed by atoms with van der Waals surface area (Å²) >= 11 is 0. The summed E-state index contributed by atoms with van der Waals surface area (Å²) in [7, 11) is 0. The van der Waals surface area contributed by atoms with E-state index < -0.39 is 0 Å². The van der Waals surface area contributed by atoms with Crippen molar-refractivity contribution in [3.8, 4) is 119 Å². The van der Waals surface area contributed by atoms with Crippen LogP contribution >= 0.6 is 0 Å². The van der Waals surface area contributed by atoms with Crippen molar-refractivity contribution < 1.29 is 0 Å². The summed E-state index contributed by atoms with van der Waals surface area (Å²) < 4.78 is 4.70. The van der Waals surface area contributed by atoms with Gasteiger partial charge in [-0.1, -0.05) is 182 Å². The van der Waals surface area contributed by atoms with Crippen LogP contribution < -0.4 is 0 Å². The molecule has 16 aromatic rings. The van der Waals surface area contributed by atoms with E-state index in [2.05, 4.69) is 221 Å². The average Bonchev–Trinajstić information content (AvgIpc) is 1.70. The van der Waals surface area contributed by atoms with E-state index in [0.29, 0.717) is 5.56 Å². The van der Waals surface area contributed by atoms with Gasteiger partial charge in [0.15, 0.2) is 0 Å². The van der Waals surface area contributed by atoms with Gasteiger partial charge in [-0.05, 0) is 115 Å². The summed E-state index contributed by atoms with van der Waals surface area (Å²) in [4.78, 5) is 26.2. The van der Waals surface area contributed by atoms with Crippen LogP contribution in [-0.4, -0.2) is 34.1 Å². The minimum atomic E-state index is 0.569. The maximum Gasteiger partial charge on any atom is 0.0991 e. The molecule has 0 saturated carbocycles. The Balaban J connectivity index is 0.938. The topological polar surface area (TPSA) is 98.1 Å². The van der Waals surface area contributed by atoms with Crippen LogP contribution in [0.1, 0.15) is 5.56 Å². The molecule has 9 aromatic carbocycles. The van der Waals surface area contributed by atoms with Crippen molar-refractivity contribution >= 4 is 43.6 Å². The minimum absolute atomic E-state index is 0.569. The van der Waals surface area contributed by atoms with E-state index in [1.165, 1.54) is 0 Å². The van der Waals surface area contributed by atoms with Crippen molar-refractivity contribution in [1.82, 2.24) is 34.1 Å². The monoisotopic (exact) mass is 1120 g/mol. The minimum Gasteiger partial charge on any atom is -0.307 e. The number of rotatable bonds is 11. The van der Waals surface area contributed by atoms with Gasteiger partial charge in [-0.2, -0.15) is 5.26 Å². The summed E-state index contributed by atoms with van der Waals surface area (Å²) in [6.07, 6.45) is 3.96. The number of aromatic nitrogens is 7. The Bertz CT molecular complexity index is 4790. The Hall–Kier alpha value is -12.2. The van der Waals surface area contributed by atoms with Crippen molar-refractivity contribution in [3.05, 3.63) is 309 Å². The number of pyridine rings is 5. The summed E-state index contributed by atoms with van der Waals surface area (Å²) in [6.45, 7) is 0. The van der Waals surface area contributed by atoms with Gasteiger partial charge >= 0.3 is 0 Å². The summed E-state index contributed by atoms with van der Waals surface area (Å²) in [5, 5.41) is 14.4. The van der Waals surface area contributed by atoms with Crippen LogP contribution in [0.15, 0.2) is 304 Å². The van der Waals surface area contributed by atoms with E-state index in [4.69, 9.17) is 24.9 Å². The highest BCUT2D eigenvalue weighted by atomic mass is 15.0. The van der Waals surface area contributed by atoms with Crippen LogP contribution in [0.25, 0.3) is 156 Å². The third-order valence-corrected chi connectivity index (χ3v) is 16.7. The Morgan fingerprint density at radius 3 is 0.784 bits per heavy atom. The van der Waals surface area contributed by atoms with Crippen molar-refractivity contribution in [3.63, 3.8) is 0 Å². The van der Waals surface area contributed by atoms with Gasteiger partial charge in [0.05, 0.1) is 103 Å². The lowest BCUT2D eigenvalue weighted by molar-refractivity contribution is 1.09. The summed E-state index contributed by atoms with van der Waals surface area (Å²) in [5.74, 6) is 0. The van der Waals surface area contributed by atoms with Gasteiger partial charge in [0.2, 0.25) is 0 Å². The van der Waals surface area contributed by atoms with Crippen molar-refractivity contribution in [1.29, 1.82) is 5.26 Å². The molecule has 8 nitrogen and oxygen atoms in total. The molecule has 0 N–H and O–H groups in total. The van der Waals surface area contributed by atoms with E-state index in [1.54, 1.807) is 0 Å². The van der Waals surface area contributed by atoms with Crippen LogP contribution in [0.4, 0.5) is 0 Å².